The van der Waals surface area contributed by atoms with Gasteiger partial charge in [0.2, 0.25) is 37.3 Å². The van der Waals surface area contributed by atoms with E-state index >= 15 is 0 Å². The summed E-state index contributed by atoms with van der Waals surface area (Å²) in [5.41, 5.74) is 1.15. The summed E-state index contributed by atoms with van der Waals surface area (Å²) in [6, 6.07) is 17.3. The number of hydrogen-bond acceptors (Lipinski definition) is 14. The molecule has 0 fully saturated rings. The molecule has 2 aromatic heterocycles. The summed E-state index contributed by atoms with van der Waals surface area (Å²) in [6.07, 6.45) is -8.22. The van der Waals surface area contributed by atoms with Crippen LogP contribution in [0, 0.1) is 0 Å². The third-order valence-corrected chi connectivity index (χ3v) is 10.6. The Kier molecular flexibility index (Phi) is 9.63. The number of aromatic nitrogens is 4. The second-order valence-corrected chi connectivity index (χ2v) is 14.8. The zero-order valence-corrected chi connectivity index (χ0v) is 32.6. The molecule has 1 unspecified atom stereocenters. The van der Waals surface area contributed by atoms with E-state index in [1.165, 1.54) is 18.2 Å². The van der Waals surface area contributed by atoms with Gasteiger partial charge in [0.1, 0.15) is 22.8 Å². The van der Waals surface area contributed by atoms with E-state index in [-0.39, 0.29) is 67.9 Å². The molecule has 4 aromatic carbocycles. The van der Waals surface area contributed by atoms with Gasteiger partial charge in [0.05, 0.1) is 0 Å². The monoisotopic (exact) mass is 884 g/mol. The molecule has 0 spiro atoms. The van der Waals surface area contributed by atoms with Crippen LogP contribution in [0.2, 0.25) is 0 Å². The first-order chi connectivity index (χ1) is 30.7. The normalized spacial score (nSPS) is 16.0. The van der Waals surface area contributed by atoms with Crippen LogP contribution in [0.1, 0.15) is 46.6 Å². The quantitative estimate of drug-likeness (QED) is 0.0753. The highest BCUT2D eigenvalue weighted by atomic mass is 19.4. The number of hydrogen-bond donors (Lipinski definition) is 6. The Labute approximate surface area is 356 Å². The minimum Gasteiger partial charge on any atom is -0.454 e. The molecule has 6 N–H and O–H groups in total. The van der Waals surface area contributed by atoms with Crippen LogP contribution in [0.25, 0.3) is 0 Å². The molecule has 6 heterocycles. The number of carbonyl (C=O) groups excluding carboxylic acids is 2. The Morgan fingerprint density at radius 3 is 1.70 bits per heavy atom. The number of ether oxygens (including phenoxy) is 4. The highest BCUT2D eigenvalue weighted by Gasteiger charge is 2.38. The molecule has 1 atom stereocenters. The number of alkyl halides is 6. The molecule has 4 aliphatic heterocycles. The molecule has 16 nitrogen and oxygen atoms in total. The predicted molar refractivity (Wildman–Crippen MR) is 217 cm³/mol. The average Bonchev–Trinajstić information content (AvgIpc) is 3.92. The molecule has 0 saturated carbocycles. The van der Waals surface area contributed by atoms with Crippen LogP contribution < -0.4 is 50.8 Å². The topological polar surface area (TPSA) is 195 Å². The Morgan fingerprint density at radius 1 is 0.562 bits per heavy atom. The van der Waals surface area contributed by atoms with Gasteiger partial charge >= 0.3 is 12.4 Å². The first-order valence-corrected chi connectivity index (χ1v) is 19.4. The number of halogens is 6. The van der Waals surface area contributed by atoms with E-state index in [0.29, 0.717) is 74.8 Å². The first-order valence-electron chi connectivity index (χ1n) is 19.4. The molecular formula is C42H30F6N10O6. The van der Waals surface area contributed by atoms with Gasteiger partial charge in [-0.1, -0.05) is 0 Å². The first kappa shape index (κ1) is 40.1. The van der Waals surface area contributed by atoms with Crippen LogP contribution in [-0.4, -0.2) is 45.3 Å². The fourth-order valence-electron chi connectivity index (χ4n) is 7.66. The molecule has 0 aliphatic carbocycles. The third kappa shape index (κ3) is 7.95. The Balaban J connectivity index is 0.987. The van der Waals surface area contributed by atoms with E-state index in [1.54, 1.807) is 48.5 Å². The van der Waals surface area contributed by atoms with Crippen molar-refractivity contribution in [1.82, 2.24) is 19.9 Å². The summed E-state index contributed by atoms with van der Waals surface area (Å²) in [7, 11) is 0. The van der Waals surface area contributed by atoms with Gasteiger partial charge in [-0.3, -0.25) is 9.59 Å². The van der Waals surface area contributed by atoms with Gasteiger partial charge < -0.3 is 50.8 Å². The van der Waals surface area contributed by atoms with Gasteiger partial charge in [-0.15, -0.1) is 0 Å². The number of anilines is 10. The molecule has 10 rings (SSSR count). The molecule has 64 heavy (non-hydrogen) atoms. The van der Waals surface area contributed by atoms with Gasteiger partial charge in [0.15, 0.2) is 23.0 Å². The average molecular weight is 885 g/mol. The van der Waals surface area contributed by atoms with Crippen molar-refractivity contribution in [3.8, 4) is 23.0 Å². The van der Waals surface area contributed by atoms with Crippen molar-refractivity contribution < 1.29 is 54.9 Å². The Bertz CT molecular complexity index is 2900. The maximum absolute atomic E-state index is 14.4. The predicted octanol–water partition coefficient (Wildman–Crippen LogP) is 9.09. The lowest BCUT2D eigenvalue weighted by Gasteiger charge is -2.31. The highest BCUT2D eigenvalue weighted by molar-refractivity contribution is 5.99. The Hall–Kier alpha value is -8.04. The number of nitrogens with zero attached hydrogens (tertiary/aromatic N) is 4. The Morgan fingerprint density at radius 2 is 1.09 bits per heavy atom. The van der Waals surface area contributed by atoms with Crippen LogP contribution in [-0.2, 0) is 28.4 Å². The highest BCUT2D eigenvalue weighted by Crippen LogP contribution is 2.46. The number of aryl methyl sites for hydroxylation is 1. The molecule has 22 heteroatoms. The SMILES string of the molecule is O=C1CC(c2cc(Nc3nc(Nc4ccc5c(c4)OCO5)ncc3C(F)(F)F)cc3c2NC(=O)CC3)c2cc(Nc3ncc(C(F)(F)F)c(Nc4ccc5c(c4)OCO5)n3)ccc2N1. The lowest BCUT2D eigenvalue weighted by atomic mass is 9.81. The third-order valence-electron chi connectivity index (χ3n) is 10.6. The molecule has 2 amide bonds. The number of rotatable bonds is 9. The minimum atomic E-state index is -4.87. The van der Waals surface area contributed by atoms with E-state index in [1.807, 2.05) is 0 Å². The van der Waals surface area contributed by atoms with Crippen molar-refractivity contribution >= 4 is 69.5 Å². The minimum absolute atomic E-state index is 0.0203. The molecule has 0 bridgehead atoms. The van der Waals surface area contributed by atoms with Crippen LogP contribution in [0.5, 0.6) is 23.0 Å². The number of benzene rings is 4. The van der Waals surface area contributed by atoms with E-state index in [0.717, 1.165) is 0 Å². The van der Waals surface area contributed by atoms with Gasteiger partial charge in [-0.05, 0) is 77.7 Å². The van der Waals surface area contributed by atoms with Crippen LogP contribution >= 0.6 is 0 Å². The van der Waals surface area contributed by atoms with Crippen molar-refractivity contribution in [3.05, 3.63) is 107 Å². The fourth-order valence-corrected chi connectivity index (χ4v) is 7.66. The van der Waals surface area contributed by atoms with Crippen molar-refractivity contribution in [1.29, 1.82) is 0 Å². The summed E-state index contributed by atoms with van der Waals surface area (Å²) in [5, 5.41) is 17.0. The summed E-state index contributed by atoms with van der Waals surface area (Å²) in [6.45, 7) is -0.0131. The van der Waals surface area contributed by atoms with Gasteiger partial charge in [0, 0.05) is 77.4 Å². The molecule has 6 aromatic rings. The second kappa shape index (κ2) is 15.4. The van der Waals surface area contributed by atoms with E-state index in [4.69, 9.17) is 18.9 Å². The largest absolute Gasteiger partial charge is 0.454 e. The van der Waals surface area contributed by atoms with Crippen molar-refractivity contribution in [2.24, 2.45) is 0 Å². The van der Waals surface area contributed by atoms with Crippen molar-refractivity contribution in [3.63, 3.8) is 0 Å². The number of fused-ring (bicyclic) bond motifs is 4. The molecular weight excluding hydrogens is 855 g/mol. The van der Waals surface area contributed by atoms with E-state index in [9.17, 15) is 35.9 Å². The van der Waals surface area contributed by atoms with E-state index < -0.39 is 41.0 Å². The molecule has 0 radical (unpaired) electrons. The zero-order chi connectivity index (χ0) is 44.3. The number of nitrogens with one attached hydrogen (secondary N) is 6. The fraction of sp³-hybridized carbons (Fsp3) is 0.190. The lowest BCUT2D eigenvalue weighted by molar-refractivity contribution is -0.138. The van der Waals surface area contributed by atoms with Crippen LogP contribution in [0.3, 0.4) is 0 Å². The number of carbonyl (C=O) groups is 2. The molecule has 326 valence electrons. The summed E-state index contributed by atoms with van der Waals surface area (Å²) in [5.74, 6) is -1.26. The summed E-state index contributed by atoms with van der Waals surface area (Å²) < 4.78 is 107. The summed E-state index contributed by atoms with van der Waals surface area (Å²) in [4.78, 5) is 42.2. The van der Waals surface area contributed by atoms with Crippen molar-refractivity contribution in [2.45, 2.75) is 37.5 Å². The molecule has 0 saturated heterocycles. The molecule has 4 aliphatic rings. The maximum Gasteiger partial charge on any atom is 0.421 e. The van der Waals surface area contributed by atoms with E-state index in [2.05, 4.69) is 51.8 Å². The number of amides is 2. The van der Waals surface area contributed by atoms with Crippen molar-refractivity contribution in [2.75, 3.05) is 45.5 Å². The zero-order valence-electron chi connectivity index (χ0n) is 32.6. The van der Waals surface area contributed by atoms with Gasteiger partial charge in [-0.25, -0.2) is 9.97 Å². The van der Waals surface area contributed by atoms with Gasteiger partial charge in [-0.2, -0.15) is 36.3 Å². The second-order valence-electron chi connectivity index (χ2n) is 14.8. The van der Waals surface area contributed by atoms with Crippen LogP contribution in [0.15, 0.2) is 79.1 Å². The maximum atomic E-state index is 14.4. The summed E-state index contributed by atoms with van der Waals surface area (Å²) >= 11 is 0. The van der Waals surface area contributed by atoms with Gasteiger partial charge in [0.25, 0.3) is 0 Å². The smallest absolute Gasteiger partial charge is 0.421 e. The standard InChI is InChI=1S/C42H30F6N10O6/c43-41(44,45)27-15-49-39(57-37(27)51-21-3-6-30-32(12-21)63-17-61-30)53-20-2-5-29-25(10-20)24(14-35(60)55-29)26-11-23(9-19-1-8-34(59)56-36(19)26)52-38-28(42(46,47)48)16-50-40(58-38)54-22-4-7-31-33(13-22)64-18-62-31/h2-7,9-13,15-16,24H,1,8,14,17-18H2,(H,55,60)(H,56,59)(H2,49,51,53,57)(H2,50,52,54,58). The lowest BCUT2D eigenvalue weighted by Crippen LogP contribution is -2.26. The van der Waals surface area contributed by atoms with Crippen LogP contribution in [0.4, 0.5) is 84.0 Å².